The number of hydrogen-bond donors (Lipinski definition) is 1. The zero-order chi connectivity index (χ0) is 15.1. The Morgan fingerprint density at radius 3 is 2.59 bits per heavy atom. The van der Waals surface area contributed by atoms with E-state index in [1.807, 2.05) is 13.0 Å². The van der Waals surface area contributed by atoms with Crippen LogP contribution in [0.3, 0.4) is 0 Å². The molecule has 2 N–H and O–H groups in total. The molecule has 0 radical (unpaired) electrons. The molecule has 3 atom stereocenters. The molecule has 2 fully saturated rings. The largest absolute Gasteiger partial charge is 0.368 e. The van der Waals surface area contributed by atoms with Crippen molar-refractivity contribution in [1.82, 2.24) is 14.9 Å². The van der Waals surface area contributed by atoms with Crippen molar-refractivity contribution >= 4 is 11.8 Å². The van der Waals surface area contributed by atoms with Crippen LogP contribution >= 0.6 is 0 Å². The molecule has 4 rings (SSSR count). The summed E-state index contributed by atoms with van der Waals surface area (Å²) in [5, 5.41) is 0. The molecule has 1 saturated carbocycles. The lowest BCUT2D eigenvalue weighted by Gasteiger charge is -2.37. The summed E-state index contributed by atoms with van der Waals surface area (Å²) in [5.74, 6) is 3.98. The van der Waals surface area contributed by atoms with Crippen molar-refractivity contribution in [3.8, 4) is 0 Å². The minimum absolute atomic E-state index is 0.381. The lowest BCUT2D eigenvalue weighted by Crippen LogP contribution is -2.48. The summed E-state index contributed by atoms with van der Waals surface area (Å²) in [4.78, 5) is 13.5. The average molecular weight is 299 g/mol. The van der Waals surface area contributed by atoms with Crippen LogP contribution in [0.2, 0.25) is 0 Å². The van der Waals surface area contributed by atoms with Crippen LogP contribution in [-0.4, -0.2) is 47.6 Å². The first-order valence-corrected chi connectivity index (χ1v) is 8.44. The van der Waals surface area contributed by atoms with E-state index in [0.29, 0.717) is 5.95 Å². The van der Waals surface area contributed by atoms with E-state index in [9.17, 15) is 0 Å². The molecule has 1 aliphatic heterocycles. The highest BCUT2D eigenvalue weighted by Crippen LogP contribution is 2.43. The first-order valence-electron chi connectivity index (χ1n) is 8.44. The van der Waals surface area contributed by atoms with Crippen molar-refractivity contribution < 1.29 is 0 Å². The van der Waals surface area contributed by atoms with Crippen LogP contribution in [0.4, 0.5) is 11.8 Å². The number of anilines is 2. The van der Waals surface area contributed by atoms with Crippen LogP contribution < -0.4 is 10.6 Å². The summed E-state index contributed by atoms with van der Waals surface area (Å²) >= 11 is 0. The van der Waals surface area contributed by atoms with Crippen molar-refractivity contribution in [2.45, 2.75) is 19.8 Å². The maximum absolute atomic E-state index is 5.77. The molecule has 1 saturated heterocycles. The molecule has 2 bridgehead atoms. The Bertz CT molecular complexity index is 556. The number of piperazine rings is 1. The Hall–Kier alpha value is -1.62. The third kappa shape index (κ3) is 2.70. The molecule has 5 heteroatoms. The fourth-order valence-electron chi connectivity index (χ4n) is 4.33. The number of hydrogen-bond acceptors (Lipinski definition) is 5. The highest BCUT2D eigenvalue weighted by molar-refractivity contribution is 5.43. The maximum atomic E-state index is 5.77. The fourth-order valence-corrected chi connectivity index (χ4v) is 4.33. The number of fused-ring (bicyclic) bond motifs is 2. The van der Waals surface area contributed by atoms with Gasteiger partial charge >= 0.3 is 0 Å². The van der Waals surface area contributed by atoms with Gasteiger partial charge in [-0.05, 0) is 37.5 Å². The second kappa shape index (κ2) is 5.54. The molecular formula is C17H25N5. The van der Waals surface area contributed by atoms with Gasteiger partial charge in [0.2, 0.25) is 5.95 Å². The van der Waals surface area contributed by atoms with Gasteiger partial charge in [-0.3, -0.25) is 4.90 Å². The summed E-state index contributed by atoms with van der Waals surface area (Å²) in [6.45, 7) is 7.56. The van der Waals surface area contributed by atoms with Crippen molar-refractivity contribution in [3.63, 3.8) is 0 Å². The van der Waals surface area contributed by atoms with Crippen molar-refractivity contribution in [2.24, 2.45) is 17.8 Å². The summed E-state index contributed by atoms with van der Waals surface area (Å²) in [7, 11) is 0. The SMILES string of the molecule is Cc1cc(N2CCN(C[C@H]3C[C@@H]4C=C[C@H]3C4)CC2)nc(N)n1. The molecule has 0 aromatic carbocycles. The number of allylic oxidation sites excluding steroid dienone is 2. The molecule has 0 unspecified atom stereocenters. The minimum Gasteiger partial charge on any atom is -0.368 e. The van der Waals surface area contributed by atoms with Gasteiger partial charge in [-0.25, -0.2) is 4.98 Å². The second-order valence-electron chi connectivity index (χ2n) is 7.05. The van der Waals surface area contributed by atoms with E-state index in [1.165, 1.54) is 19.4 Å². The van der Waals surface area contributed by atoms with Gasteiger partial charge in [0.25, 0.3) is 0 Å². The van der Waals surface area contributed by atoms with Crippen LogP contribution in [-0.2, 0) is 0 Å². The van der Waals surface area contributed by atoms with Gasteiger partial charge in [0.1, 0.15) is 5.82 Å². The van der Waals surface area contributed by atoms with E-state index in [2.05, 4.69) is 31.9 Å². The molecule has 2 heterocycles. The molecule has 1 aromatic rings. The van der Waals surface area contributed by atoms with Crippen molar-refractivity contribution in [3.05, 3.63) is 23.9 Å². The monoisotopic (exact) mass is 299 g/mol. The summed E-state index contributed by atoms with van der Waals surface area (Å²) in [5.41, 5.74) is 6.71. The van der Waals surface area contributed by atoms with Gasteiger partial charge in [-0.2, -0.15) is 4.98 Å². The number of aryl methyl sites for hydroxylation is 1. The lowest BCUT2D eigenvalue weighted by molar-refractivity contribution is 0.204. The van der Waals surface area contributed by atoms with Crippen molar-refractivity contribution in [2.75, 3.05) is 43.4 Å². The van der Waals surface area contributed by atoms with Gasteiger partial charge in [-0.1, -0.05) is 12.2 Å². The van der Waals surface area contributed by atoms with E-state index in [0.717, 1.165) is 55.4 Å². The topological polar surface area (TPSA) is 58.3 Å². The predicted molar refractivity (Wildman–Crippen MR) is 88.7 cm³/mol. The number of rotatable bonds is 3. The molecule has 118 valence electrons. The summed E-state index contributed by atoms with van der Waals surface area (Å²) < 4.78 is 0. The zero-order valence-electron chi connectivity index (χ0n) is 13.3. The highest BCUT2D eigenvalue weighted by atomic mass is 15.3. The predicted octanol–water partition coefficient (Wildman–Crippen LogP) is 1.70. The zero-order valence-corrected chi connectivity index (χ0v) is 13.3. The van der Waals surface area contributed by atoms with Gasteiger partial charge in [0, 0.05) is 44.5 Å². The van der Waals surface area contributed by atoms with E-state index in [4.69, 9.17) is 5.73 Å². The first kappa shape index (κ1) is 14.0. The Morgan fingerprint density at radius 1 is 1.14 bits per heavy atom. The highest BCUT2D eigenvalue weighted by Gasteiger charge is 2.36. The van der Waals surface area contributed by atoms with Crippen LogP contribution in [0.1, 0.15) is 18.5 Å². The fraction of sp³-hybridized carbons (Fsp3) is 0.647. The molecule has 5 nitrogen and oxygen atoms in total. The first-order chi connectivity index (χ1) is 10.7. The van der Waals surface area contributed by atoms with E-state index >= 15 is 0 Å². The number of nitrogens with two attached hydrogens (primary N) is 1. The Morgan fingerprint density at radius 2 is 1.95 bits per heavy atom. The molecule has 2 aliphatic carbocycles. The molecule has 0 spiro atoms. The number of nitrogen functional groups attached to an aromatic ring is 1. The third-order valence-electron chi connectivity index (χ3n) is 5.46. The molecule has 0 amide bonds. The second-order valence-corrected chi connectivity index (χ2v) is 7.05. The van der Waals surface area contributed by atoms with Gasteiger partial charge in [0.05, 0.1) is 0 Å². The van der Waals surface area contributed by atoms with Gasteiger partial charge in [-0.15, -0.1) is 0 Å². The summed E-state index contributed by atoms with van der Waals surface area (Å²) in [6.07, 6.45) is 7.70. The van der Waals surface area contributed by atoms with Crippen LogP contribution in [0.15, 0.2) is 18.2 Å². The Balaban J connectivity index is 1.33. The smallest absolute Gasteiger partial charge is 0.222 e. The molecule has 3 aliphatic rings. The van der Waals surface area contributed by atoms with Crippen molar-refractivity contribution in [1.29, 1.82) is 0 Å². The Labute approximate surface area is 132 Å². The van der Waals surface area contributed by atoms with E-state index < -0.39 is 0 Å². The van der Waals surface area contributed by atoms with Gasteiger partial charge < -0.3 is 10.6 Å². The van der Waals surface area contributed by atoms with E-state index in [1.54, 1.807) is 0 Å². The molecular weight excluding hydrogens is 274 g/mol. The quantitative estimate of drug-likeness (QED) is 0.861. The molecule has 1 aromatic heterocycles. The lowest BCUT2D eigenvalue weighted by atomic mass is 9.93. The number of nitrogens with zero attached hydrogens (tertiary/aromatic N) is 4. The van der Waals surface area contributed by atoms with Gasteiger partial charge in [0.15, 0.2) is 0 Å². The number of aromatic nitrogens is 2. The minimum atomic E-state index is 0.381. The van der Waals surface area contributed by atoms with Crippen LogP contribution in [0.25, 0.3) is 0 Å². The Kier molecular flexibility index (Phi) is 3.53. The third-order valence-corrected chi connectivity index (χ3v) is 5.46. The maximum Gasteiger partial charge on any atom is 0.222 e. The normalized spacial score (nSPS) is 31.1. The average Bonchev–Trinajstić information content (AvgIpc) is 3.09. The van der Waals surface area contributed by atoms with Crippen LogP contribution in [0.5, 0.6) is 0 Å². The van der Waals surface area contributed by atoms with Crippen LogP contribution in [0, 0.1) is 24.7 Å². The summed E-state index contributed by atoms with van der Waals surface area (Å²) in [6, 6.07) is 2.03. The standard InChI is InChI=1S/C17H25N5/c1-12-8-16(20-17(18)19-12)22-6-4-21(5-7-22)11-15-10-13-2-3-14(15)9-13/h2-3,8,13-15H,4-7,9-11H2,1H3,(H2,18,19,20)/t13-,14+,15-/m1/s1. The molecule has 22 heavy (non-hydrogen) atoms. The van der Waals surface area contributed by atoms with E-state index in [-0.39, 0.29) is 0 Å².